The van der Waals surface area contributed by atoms with E-state index in [1.807, 2.05) is 0 Å². The quantitative estimate of drug-likeness (QED) is 0.596. The molecule has 1 aromatic carbocycles. The Labute approximate surface area is 76.8 Å². The molecule has 0 radical (unpaired) electrons. The normalized spacial score (nSPS) is 29.2. The summed E-state index contributed by atoms with van der Waals surface area (Å²) in [6.45, 7) is 0. The summed E-state index contributed by atoms with van der Waals surface area (Å²) in [5.41, 5.74) is 2.05. The number of hydrogen-bond acceptors (Lipinski definition) is 2. The maximum atomic E-state index is 9.67. The molecule has 68 valence electrons. The molecular weight excluding hydrogens is 164 g/mol. The molecule has 0 heterocycles. The first-order valence-corrected chi connectivity index (χ1v) is 4.82. The summed E-state index contributed by atoms with van der Waals surface area (Å²) >= 11 is 0. The average Bonchev–Trinajstić information content (AvgIpc) is 2.70. The zero-order chi connectivity index (χ0) is 9.00. The minimum absolute atomic E-state index is 0.375. The van der Waals surface area contributed by atoms with Crippen molar-refractivity contribution in [3.05, 3.63) is 23.3 Å². The van der Waals surface area contributed by atoms with Gasteiger partial charge in [0.25, 0.3) is 0 Å². The van der Waals surface area contributed by atoms with Crippen molar-refractivity contribution >= 4 is 0 Å². The Morgan fingerprint density at radius 1 is 0.923 bits per heavy atom. The summed E-state index contributed by atoms with van der Waals surface area (Å²) in [7, 11) is 0. The Kier molecular flexibility index (Phi) is 1.22. The van der Waals surface area contributed by atoms with Gasteiger partial charge in [0.2, 0.25) is 0 Å². The van der Waals surface area contributed by atoms with E-state index in [0.29, 0.717) is 23.3 Å². The number of hydrogen-bond donors (Lipinski definition) is 2. The molecule has 0 aromatic heterocycles. The van der Waals surface area contributed by atoms with Crippen LogP contribution in [0.3, 0.4) is 0 Å². The molecule has 1 aromatic rings. The molecule has 0 spiro atoms. The fourth-order valence-electron chi connectivity index (χ4n) is 2.98. The molecule has 2 bridgehead atoms. The van der Waals surface area contributed by atoms with Crippen LogP contribution in [-0.4, -0.2) is 10.2 Å². The number of benzene rings is 1. The smallest absolute Gasteiger partial charge is 0.119 e. The predicted molar refractivity (Wildman–Crippen MR) is 49.1 cm³/mol. The standard InChI is InChI=1S/C11H12O2/c12-8-3-4-9(13)11-7-2-1-6(5-7)10(8)11/h3-4,6-7,12-13H,1-2,5H2/t6-,7+. The van der Waals surface area contributed by atoms with Crippen LogP contribution in [0, 0.1) is 0 Å². The second-order valence-electron chi connectivity index (χ2n) is 4.14. The van der Waals surface area contributed by atoms with Crippen LogP contribution in [0.5, 0.6) is 11.5 Å². The lowest BCUT2D eigenvalue weighted by molar-refractivity contribution is 0.442. The summed E-state index contributed by atoms with van der Waals surface area (Å²) in [5, 5.41) is 19.3. The Bertz CT molecular complexity index is 336. The Balaban J connectivity index is 2.30. The molecule has 1 saturated carbocycles. The highest BCUT2D eigenvalue weighted by Crippen LogP contribution is 2.58. The van der Waals surface area contributed by atoms with Gasteiger partial charge in [0, 0.05) is 11.1 Å². The van der Waals surface area contributed by atoms with Gasteiger partial charge in [-0.25, -0.2) is 0 Å². The number of fused-ring (bicyclic) bond motifs is 5. The summed E-state index contributed by atoms with van der Waals surface area (Å²) in [6, 6.07) is 3.21. The molecule has 13 heavy (non-hydrogen) atoms. The van der Waals surface area contributed by atoms with Crippen LogP contribution in [0.15, 0.2) is 12.1 Å². The van der Waals surface area contributed by atoms with E-state index in [4.69, 9.17) is 0 Å². The van der Waals surface area contributed by atoms with E-state index >= 15 is 0 Å². The third-order valence-corrected chi connectivity index (χ3v) is 3.49. The van der Waals surface area contributed by atoms with E-state index in [1.165, 1.54) is 12.8 Å². The lowest BCUT2D eigenvalue weighted by atomic mass is 9.90. The molecule has 0 unspecified atom stereocenters. The van der Waals surface area contributed by atoms with Crippen LogP contribution >= 0.6 is 0 Å². The largest absolute Gasteiger partial charge is 0.508 e. The minimum Gasteiger partial charge on any atom is -0.508 e. The molecule has 0 amide bonds. The zero-order valence-corrected chi connectivity index (χ0v) is 7.33. The third kappa shape index (κ3) is 0.781. The van der Waals surface area contributed by atoms with Crippen molar-refractivity contribution in [3.8, 4) is 11.5 Å². The van der Waals surface area contributed by atoms with E-state index < -0.39 is 0 Å². The summed E-state index contributed by atoms with van der Waals surface area (Å²) in [5.74, 6) is 1.76. The first kappa shape index (κ1) is 7.25. The first-order valence-electron chi connectivity index (χ1n) is 4.82. The first-order chi connectivity index (χ1) is 6.27. The lowest BCUT2D eigenvalue weighted by Gasteiger charge is -2.17. The third-order valence-electron chi connectivity index (χ3n) is 3.49. The molecule has 2 heteroatoms. The molecule has 2 aliphatic carbocycles. The van der Waals surface area contributed by atoms with Crippen molar-refractivity contribution in [2.24, 2.45) is 0 Å². The zero-order valence-electron chi connectivity index (χ0n) is 7.33. The van der Waals surface area contributed by atoms with Crippen LogP contribution in [0.2, 0.25) is 0 Å². The molecule has 0 aliphatic heterocycles. The lowest BCUT2D eigenvalue weighted by Crippen LogP contribution is -1.98. The molecule has 2 aliphatic rings. The van der Waals surface area contributed by atoms with E-state index in [9.17, 15) is 10.2 Å². The van der Waals surface area contributed by atoms with Gasteiger partial charge in [0.1, 0.15) is 11.5 Å². The Hall–Kier alpha value is -1.18. The van der Waals surface area contributed by atoms with Gasteiger partial charge in [-0.15, -0.1) is 0 Å². The highest BCUT2D eigenvalue weighted by atomic mass is 16.3. The van der Waals surface area contributed by atoms with Crippen LogP contribution in [0.25, 0.3) is 0 Å². The van der Waals surface area contributed by atoms with Crippen molar-refractivity contribution in [1.29, 1.82) is 0 Å². The maximum Gasteiger partial charge on any atom is 0.119 e. The molecule has 2 N–H and O–H groups in total. The number of aromatic hydroxyl groups is 2. The molecule has 2 atom stereocenters. The highest BCUT2D eigenvalue weighted by molar-refractivity contribution is 5.55. The summed E-state index contributed by atoms with van der Waals surface area (Å²) < 4.78 is 0. The van der Waals surface area contributed by atoms with Crippen LogP contribution < -0.4 is 0 Å². The van der Waals surface area contributed by atoms with Crippen molar-refractivity contribution < 1.29 is 10.2 Å². The number of rotatable bonds is 0. The molecule has 0 saturated heterocycles. The SMILES string of the molecule is Oc1ccc(O)c2c1[C@@H]1CC[C@H]2C1. The predicted octanol–water partition coefficient (Wildman–Crippen LogP) is 2.46. The van der Waals surface area contributed by atoms with E-state index in [-0.39, 0.29) is 0 Å². The van der Waals surface area contributed by atoms with Gasteiger partial charge in [-0.3, -0.25) is 0 Å². The van der Waals surface area contributed by atoms with E-state index in [2.05, 4.69) is 0 Å². The second kappa shape index (κ2) is 2.19. The molecule has 3 rings (SSSR count). The number of phenolic OH excluding ortho intramolecular Hbond substituents is 2. The minimum atomic E-state index is 0.375. The van der Waals surface area contributed by atoms with Gasteiger partial charge >= 0.3 is 0 Å². The number of phenols is 2. The van der Waals surface area contributed by atoms with Crippen LogP contribution in [-0.2, 0) is 0 Å². The fourth-order valence-corrected chi connectivity index (χ4v) is 2.98. The molecule has 1 fully saturated rings. The second-order valence-corrected chi connectivity index (χ2v) is 4.14. The monoisotopic (exact) mass is 176 g/mol. The van der Waals surface area contributed by atoms with Gasteiger partial charge in [0.15, 0.2) is 0 Å². The topological polar surface area (TPSA) is 40.5 Å². The Morgan fingerprint density at radius 2 is 1.38 bits per heavy atom. The average molecular weight is 176 g/mol. The summed E-state index contributed by atoms with van der Waals surface area (Å²) in [4.78, 5) is 0. The van der Waals surface area contributed by atoms with Gasteiger partial charge < -0.3 is 10.2 Å². The highest BCUT2D eigenvalue weighted by Gasteiger charge is 2.40. The van der Waals surface area contributed by atoms with Crippen LogP contribution in [0.1, 0.15) is 42.2 Å². The van der Waals surface area contributed by atoms with Gasteiger partial charge in [-0.1, -0.05) is 0 Å². The van der Waals surface area contributed by atoms with Crippen molar-refractivity contribution in [2.45, 2.75) is 31.1 Å². The molecular formula is C11H12O2. The Morgan fingerprint density at radius 3 is 1.85 bits per heavy atom. The fraction of sp³-hybridized carbons (Fsp3) is 0.455. The molecule has 2 nitrogen and oxygen atoms in total. The van der Waals surface area contributed by atoms with E-state index in [0.717, 1.165) is 17.5 Å². The van der Waals surface area contributed by atoms with Crippen molar-refractivity contribution in [1.82, 2.24) is 0 Å². The van der Waals surface area contributed by atoms with Gasteiger partial charge in [-0.05, 0) is 43.2 Å². The van der Waals surface area contributed by atoms with Crippen LogP contribution in [0.4, 0.5) is 0 Å². The maximum absolute atomic E-state index is 9.67. The van der Waals surface area contributed by atoms with Gasteiger partial charge in [-0.2, -0.15) is 0 Å². The van der Waals surface area contributed by atoms with Crippen molar-refractivity contribution in [2.75, 3.05) is 0 Å². The van der Waals surface area contributed by atoms with Gasteiger partial charge in [0.05, 0.1) is 0 Å². The van der Waals surface area contributed by atoms with E-state index in [1.54, 1.807) is 12.1 Å². The van der Waals surface area contributed by atoms with Crippen molar-refractivity contribution in [3.63, 3.8) is 0 Å². The summed E-state index contributed by atoms with van der Waals surface area (Å²) in [6.07, 6.45) is 3.48.